The second-order valence-corrected chi connectivity index (χ2v) is 4.18. The largest absolute Gasteiger partial charge is 0.381 e. The molecular formula is C12H15F2NO. The second-order valence-electron chi connectivity index (χ2n) is 4.18. The fraction of sp³-hybridized carbons (Fsp3) is 0.500. The topological polar surface area (TPSA) is 35.2 Å². The lowest BCUT2D eigenvalue weighted by molar-refractivity contribution is 0.0447. The first-order valence-corrected chi connectivity index (χ1v) is 5.47. The minimum atomic E-state index is -0.843. The van der Waals surface area contributed by atoms with Crippen LogP contribution in [-0.4, -0.2) is 13.2 Å². The standard InChI is InChI=1S/C12H15F2NO/c13-10-4-3-8(6-11(10)14)12(15)9-2-1-5-16-7-9/h3-4,6,9,12H,1-2,5,7,15H2. The Morgan fingerprint density at radius 1 is 1.31 bits per heavy atom. The van der Waals surface area contributed by atoms with Crippen molar-refractivity contribution in [1.82, 2.24) is 0 Å². The lowest BCUT2D eigenvalue weighted by Crippen LogP contribution is -2.29. The maximum Gasteiger partial charge on any atom is 0.159 e. The van der Waals surface area contributed by atoms with Gasteiger partial charge in [0.15, 0.2) is 11.6 Å². The molecule has 2 unspecified atom stereocenters. The van der Waals surface area contributed by atoms with Crippen molar-refractivity contribution in [1.29, 1.82) is 0 Å². The zero-order valence-electron chi connectivity index (χ0n) is 8.96. The molecule has 88 valence electrons. The maximum atomic E-state index is 13.0. The Morgan fingerprint density at radius 3 is 2.75 bits per heavy atom. The molecule has 1 aromatic rings. The van der Waals surface area contributed by atoms with Gasteiger partial charge in [0.25, 0.3) is 0 Å². The van der Waals surface area contributed by atoms with Gasteiger partial charge in [-0.05, 0) is 30.5 Å². The van der Waals surface area contributed by atoms with Gasteiger partial charge in [-0.15, -0.1) is 0 Å². The molecule has 1 heterocycles. The van der Waals surface area contributed by atoms with E-state index in [1.54, 1.807) is 0 Å². The molecule has 1 saturated heterocycles. The lowest BCUT2D eigenvalue weighted by Gasteiger charge is -2.27. The Balaban J connectivity index is 2.12. The first-order valence-electron chi connectivity index (χ1n) is 5.47. The first kappa shape index (κ1) is 11.5. The van der Waals surface area contributed by atoms with E-state index in [1.807, 2.05) is 0 Å². The summed E-state index contributed by atoms with van der Waals surface area (Å²) in [5, 5.41) is 0. The SMILES string of the molecule is NC(c1ccc(F)c(F)c1)C1CCCOC1. The van der Waals surface area contributed by atoms with Crippen LogP contribution in [-0.2, 0) is 4.74 Å². The van der Waals surface area contributed by atoms with Gasteiger partial charge in [0, 0.05) is 18.6 Å². The van der Waals surface area contributed by atoms with Crippen molar-refractivity contribution in [2.75, 3.05) is 13.2 Å². The molecule has 2 atom stereocenters. The summed E-state index contributed by atoms with van der Waals surface area (Å²) in [7, 11) is 0. The summed E-state index contributed by atoms with van der Waals surface area (Å²) in [4.78, 5) is 0. The van der Waals surface area contributed by atoms with Gasteiger partial charge in [-0.3, -0.25) is 0 Å². The third-order valence-electron chi connectivity index (χ3n) is 3.03. The molecule has 1 aliphatic heterocycles. The molecule has 2 N–H and O–H groups in total. The van der Waals surface area contributed by atoms with Crippen LogP contribution in [0.2, 0.25) is 0 Å². The first-order chi connectivity index (χ1) is 7.68. The van der Waals surface area contributed by atoms with Crippen molar-refractivity contribution in [3.8, 4) is 0 Å². The Kier molecular flexibility index (Phi) is 3.51. The monoisotopic (exact) mass is 227 g/mol. The van der Waals surface area contributed by atoms with E-state index >= 15 is 0 Å². The third-order valence-corrected chi connectivity index (χ3v) is 3.03. The van der Waals surface area contributed by atoms with Crippen LogP contribution in [0.5, 0.6) is 0 Å². The molecule has 1 fully saturated rings. The molecule has 2 rings (SSSR count). The van der Waals surface area contributed by atoms with Crippen LogP contribution in [0.4, 0.5) is 8.78 Å². The van der Waals surface area contributed by atoms with E-state index in [4.69, 9.17) is 10.5 Å². The molecule has 0 spiro atoms. The molecule has 16 heavy (non-hydrogen) atoms. The van der Waals surface area contributed by atoms with E-state index in [-0.39, 0.29) is 12.0 Å². The van der Waals surface area contributed by atoms with Crippen molar-refractivity contribution in [2.24, 2.45) is 11.7 Å². The van der Waals surface area contributed by atoms with E-state index < -0.39 is 11.6 Å². The highest BCUT2D eigenvalue weighted by molar-refractivity contribution is 5.21. The minimum Gasteiger partial charge on any atom is -0.381 e. The molecule has 0 radical (unpaired) electrons. The molecule has 1 aliphatic rings. The number of hydrogen-bond donors (Lipinski definition) is 1. The lowest BCUT2D eigenvalue weighted by atomic mass is 9.89. The zero-order chi connectivity index (χ0) is 11.5. The van der Waals surface area contributed by atoms with Gasteiger partial charge in [0.2, 0.25) is 0 Å². The van der Waals surface area contributed by atoms with E-state index in [1.165, 1.54) is 12.1 Å². The van der Waals surface area contributed by atoms with Gasteiger partial charge in [-0.1, -0.05) is 6.07 Å². The van der Waals surface area contributed by atoms with Crippen LogP contribution in [0, 0.1) is 17.6 Å². The normalized spacial score (nSPS) is 23.1. The Bertz CT molecular complexity index is 364. The molecule has 0 saturated carbocycles. The average molecular weight is 227 g/mol. The van der Waals surface area contributed by atoms with Crippen LogP contribution in [0.3, 0.4) is 0 Å². The zero-order valence-corrected chi connectivity index (χ0v) is 8.96. The summed E-state index contributed by atoms with van der Waals surface area (Å²) >= 11 is 0. The summed E-state index contributed by atoms with van der Waals surface area (Å²) in [6.07, 6.45) is 1.95. The summed E-state index contributed by atoms with van der Waals surface area (Å²) in [5.41, 5.74) is 6.65. The van der Waals surface area contributed by atoms with Crippen LogP contribution in [0.1, 0.15) is 24.4 Å². The predicted molar refractivity (Wildman–Crippen MR) is 56.8 cm³/mol. The van der Waals surface area contributed by atoms with E-state index in [0.29, 0.717) is 12.2 Å². The molecule has 0 aromatic heterocycles. The summed E-state index contributed by atoms with van der Waals surface area (Å²) in [5.74, 6) is -1.49. The van der Waals surface area contributed by atoms with Gasteiger partial charge in [-0.25, -0.2) is 8.78 Å². The second kappa shape index (κ2) is 4.89. The molecule has 4 heteroatoms. The molecule has 0 amide bonds. The number of rotatable bonds is 2. The number of halogens is 2. The van der Waals surface area contributed by atoms with Crippen molar-refractivity contribution < 1.29 is 13.5 Å². The average Bonchev–Trinajstić information content (AvgIpc) is 2.33. The Labute approximate surface area is 93.4 Å². The highest BCUT2D eigenvalue weighted by atomic mass is 19.2. The van der Waals surface area contributed by atoms with E-state index in [0.717, 1.165) is 25.5 Å². The van der Waals surface area contributed by atoms with Crippen molar-refractivity contribution >= 4 is 0 Å². The van der Waals surface area contributed by atoms with Crippen molar-refractivity contribution in [3.05, 3.63) is 35.4 Å². The summed E-state index contributed by atoms with van der Waals surface area (Å²) in [6, 6.07) is 3.55. The maximum absolute atomic E-state index is 13.0. The summed E-state index contributed by atoms with van der Waals surface area (Å²) < 4.78 is 31.1. The number of hydrogen-bond acceptors (Lipinski definition) is 2. The quantitative estimate of drug-likeness (QED) is 0.842. The highest BCUT2D eigenvalue weighted by Crippen LogP contribution is 2.27. The molecule has 0 aliphatic carbocycles. The van der Waals surface area contributed by atoms with Crippen LogP contribution >= 0.6 is 0 Å². The van der Waals surface area contributed by atoms with Gasteiger partial charge >= 0.3 is 0 Å². The highest BCUT2D eigenvalue weighted by Gasteiger charge is 2.23. The number of benzene rings is 1. The van der Waals surface area contributed by atoms with Crippen LogP contribution < -0.4 is 5.73 Å². The van der Waals surface area contributed by atoms with Crippen LogP contribution in [0.15, 0.2) is 18.2 Å². The molecular weight excluding hydrogens is 212 g/mol. The Morgan fingerprint density at radius 2 is 2.12 bits per heavy atom. The molecule has 2 nitrogen and oxygen atoms in total. The predicted octanol–water partition coefficient (Wildman–Crippen LogP) is 2.39. The number of nitrogens with two attached hydrogens (primary N) is 1. The Hall–Kier alpha value is -1.00. The van der Waals surface area contributed by atoms with Gasteiger partial charge < -0.3 is 10.5 Å². The fourth-order valence-corrected chi connectivity index (χ4v) is 2.04. The smallest absolute Gasteiger partial charge is 0.159 e. The van der Waals surface area contributed by atoms with Gasteiger partial charge in [0.05, 0.1) is 6.61 Å². The third kappa shape index (κ3) is 2.39. The number of ether oxygens (including phenoxy) is 1. The van der Waals surface area contributed by atoms with Crippen LogP contribution in [0.25, 0.3) is 0 Å². The van der Waals surface area contributed by atoms with Crippen molar-refractivity contribution in [3.63, 3.8) is 0 Å². The van der Waals surface area contributed by atoms with Gasteiger partial charge in [-0.2, -0.15) is 0 Å². The van der Waals surface area contributed by atoms with E-state index in [9.17, 15) is 8.78 Å². The summed E-state index contributed by atoms with van der Waals surface area (Å²) in [6.45, 7) is 1.36. The van der Waals surface area contributed by atoms with Gasteiger partial charge in [0.1, 0.15) is 0 Å². The van der Waals surface area contributed by atoms with E-state index in [2.05, 4.69) is 0 Å². The van der Waals surface area contributed by atoms with Crippen molar-refractivity contribution in [2.45, 2.75) is 18.9 Å². The molecule has 0 bridgehead atoms. The molecule has 1 aromatic carbocycles. The minimum absolute atomic E-state index is 0.193. The fourth-order valence-electron chi connectivity index (χ4n) is 2.04.